The molecular formula is C8H13NOS. The molecule has 0 spiro atoms. The number of methoxy groups -OCH3 is 1. The van der Waals surface area contributed by atoms with Crippen molar-refractivity contribution in [1.82, 2.24) is 4.90 Å². The number of hydrogen-bond donors (Lipinski definition) is 0. The van der Waals surface area contributed by atoms with Gasteiger partial charge in [0.2, 0.25) is 0 Å². The molecule has 1 aliphatic heterocycles. The van der Waals surface area contributed by atoms with E-state index >= 15 is 0 Å². The van der Waals surface area contributed by atoms with Crippen LogP contribution in [0, 0.1) is 0 Å². The van der Waals surface area contributed by atoms with Gasteiger partial charge in [0.05, 0.1) is 11.6 Å². The quantitative estimate of drug-likeness (QED) is 0.598. The molecule has 11 heavy (non-hydrogen) atoms. The van der Waals surface area contributed by atoms with E-state index < -0.39 is 0 Å². The average Bonchev–Trinajstić information content (AvgIpc) is 2.37. The van der Waals surface area contributed by atoms with Crippen LogP contribution in [0.25, 0.3) is 0 Å². The second-order valence-corrected chi connectivity index (χ2v) is 3.00. The molecule has 0 aromatic carbocycles. The Labute approximate surface area is 72.8 Å². The van der Waals surface area contributed by atoms with Gasteiger partial charge in [-0.15, -0.1) is 0 Å². The van der Waals surface area contributed by atoms with Crippen molar-refractivity contribution in [2.24, 2.45) is 0 Å². The smallest absolute Gasteiger partial charge is 0.0819 e. The monoisotopic (exact) mass is 171 g/mol. The summed E-state index contributed by atoms with van der Waals surface area (Å²) in [6, 6.07) is 0. The molecule has 1 heterocycles. The lowest BCUT2D eigenvalue weighted by atomic mass is 10.4. The molecule has 0 aliphatic carbocycles. The number of likely N-dealkylation sites (tertiary alicyclic amines) is 1. The molecule has 1 rings (SSSR count). The van der Waals surface area contributed by atoms with E-state index in [0.717, 1.165) is 18.0 Å². The Morgan fingerprint density at radius 1 is 1.73 bits per heavy atom. The summed E-state index contributed by atoms with van der Waals surface area (Å²) in [5, 5.41) is 0. The van der Waals surface area contributed by atoms with Crippen molar-refractivity contribution in [2.45, 2.75) is 12.8 Å². The second-order valence-electron chi connectivity index (χ2n) is 2.53. The summed E-state index contributed by atoms with van der Waals surface area (Å²) in [7, 11) is 1.69. The van der Waals surface area contributed by atoms with Crippen molar-refractivity contribution in [3.05, 3.63) is 12.3 Å². The maximum Gasteiger partial charge on any atom is 0.0819 e. The predicted octanol–water partition coefficient (Wildman–Crippen LogP) is 1.57. The summed E-state index contributed by atoms with van der Waals surface area (Å²) in [5.41, 5.74) is 0. The van der Waals surface area contributed by atoms with Crippen molar-refractivity contribution < 1.29 is 4.74 Å². The lowest BCUT2D eigenvalue weighted by molar-refractivity contribution is 0.233. The van der Waals surface area contributed by atoms with E-state index in [1.165, 1.54) is 6.42 Å². The highest BCUT2D eigenvalue weighted by atomic mass is 32.1. The Kier molecular flexibility index (Phi) is 3.52. The van der Waals surface area contributed by atoms with Crippen molar-refractivity contribution >= 4 is 17.2 Å². The van der Waals surface area contributed by atoms with Crippen LogP contribution in [0.3, 0.4) is 0 Å². The third kappa shape index (κ3) is 2.60. The van der Waals surface area contributed by atoms with Crippen LogP contribution in [0.15, 0.2) is 12.3 Å². The molecular weight excluding hydrogens is 158 g/mol. The SMILES string of the molecule is COC/C=C/N1CCCC1=S. The number of nitrogens with zero attached hydrogens (tertiary/aromatic N) is 1. The number of thiocarbonyl (C=S) groups is 1. The largest absolute Gasteiger partial charge is 0.381 e. The fraction of sp³-hybridized carbons (Fsp3) is 0.625. The third-order valence-electron chi connectivity index (χ3n) is 1.66. The van der Waals surface area contributed by atoms with Crippen LogP contribution in [0.4, 0.5) is 0 Å². The summed E-state index contributed by atoms with van der Waals surface area (Å²) in [6.07, 6.45) is 6.25. The molecule has 0 N–H and O–H groups in total. The molecule has 1 fully saturated rings. The summed E-state index contributed by atoms with van der Waals surface area (Å²) in [5.74, 6) is 0. The van der Waals surface area contributed by atoms with E-state index in [2.05, 4.69) is 4.90 Å². The zero-order valence-corrected chi connectivity index (χ0v) is 7.56. The highest BCUT2D eigenvalue weighted by Gasteiger charge is 2.12. The first-order valence-corrected chi connectivity index (χ1v) is 4.20. The minimum atomic E-state index is 0.666. The minimum Gasteiger partial charge on any atom is -0.381 e. The molecule has 1 saturated heterocycles. The summed E-state index contributed by atoms with van der Waals surface area (Å²) in [4.78, 5) is 3.16. The summed E-state index contributed by atoms with van der Waals surface area (Å²) >= 11 is 5.12. The third-order valence-corrected chi connectivity index (χ3v) is 2.10. The van der Waals surface area contributed by atoms with E-state index in [4.69, 9.17) is 17.0 Å². The van der Waals surface area contributed by atoms with E-state index in [9.17, 15) is 0 Å². The van der Waals surface area contributed by atoms with E-state index in [-0.39, 0.29) is 0 Å². The lowest BCUT2D eigenvalue weighted by Gasteiger charge is -2.10. The van der Waals surface area contributed by atoms with Crippen LogP contribution >= 0.6 is 12.2 Å². The van der Waals surface area contributed by atoms with Gasteiger partial charge in [0.1, 0.15) is 0 Å². The average molecular weight is 171 g/mol. The molecule has 0 atom stereocenters. The van der Waals surface area contributed by atoms with Crippen LogP contribution < -0.4 is 0 Å². The topological polar surface area (TPSA) is 12.5 Å². The predicted molar refractivity (Wildman–Crippen MR) is 49.6 cm³/mol. The highest BCUT2D eigenvalue weighted by molar-refractivity contribution is 7.80. The fourth-order valence-electron chi connectivity index (χ4n) is 1.09. The second kappa shape index (κ2) is 4.46. The zero-order chi connectivity index (χ0) is 8.10. The van der Waals surface area contributed by atoms with Crippen molar-refractivity contribution in [3.8, 4) is 0 Å². The molecule has 2 nitrogen and oxygen atoms in total. The molecule has 0 saturated carbocycles. The Balaban J connectivity index is 2.30. The minimum absolute atomic E-state index is 0.666. The lowest BCUT2D eigenvalue weighted by Crippen LogP contribution is -2.15. The van der Waals surface area contributed by atoms with Crippen LogP contribution in [0.5, 0.6) is 0 Å². The van der Waals surface area contributed by atoms with Crippen molar-refractivity contribution in [2.75, 3.05) is 20.3 Å². The fourth-order valence-corrected chi connectivity index (χ4v) is 1.39. The van der Waals surface area contributed by atoms with Gasteiger partial charge in [0.25, 0.3) is 0 Å². The normalized spacial score (nSPS) is 18.6. The maximum absolute atomic E-state index is 5.12. The molecule has 62 valence electrons. The van der Waals surface area contributed by atoms with Crippen LogP contribution in [0.2, 0.25) is 0 Å². The Hall–Kier alpha value is -0.410. The molecule has 0 aromatic heterocycles. The molecule has 0 amide bonds. The van der Waals surface area contributed by atoms with Gasteiger partial charge in [0, 0.05) is 19.9 Å². The van der Waals surface area contributed by atoms with Crippen LogP contribution in [-0.2, 0) is 4.74 Å². The molecule has 0 bridgehead atoms. The maximum atomic E-state index is 5.12. The van der Waals surface area contributed by atoms with Crippen molar-refractivity contribution in [1.29, 1.82) is 0 Å². The first-order chi connectivity index (χ1) is 5.34. The van der Waals surface area contributed by atoms with Gasteiger partial charge in [-0.3, -0.25) is 0 Å². The van der Waals surface area contributed by atoms with E-state index in [0.29, 0.717) is 6.61 Å². The van der Waals surface area contributed by atoms with Gasteiger partial charge in [-0.05, 0) is 18.9 Å². The molecule has 0 aromatic rings. The number of hydrogen-bond acceptors (Lipinski definition) is 2. The number of rotatable bonds is 3. The first-order valence-electron chi connectivity index (χ1n) is 3.79. The highest BCUT2D eigenvalue weighted by Crippen LogP contribution is 2.11. The first kappa shape index (κ1) is 8.68. The van der Waals surface area contributed by atoms with Gasteiger partial charge in [-0.2, -0.15) is 0 Å². The van der Waals surface area contributed by atoms with Gasteiger partial charge in [-0.25, -0.2) is 0 Å². The van der Waals surface area contributed by atoms with Crippen LogP contribution in [0.1, 0.15) is 12.8 Å². The summed E-state index contributed by atoms with van der Waals surface area (Å²) in [6.45, 7) is 1.73. The van der Waals surface area contributed by atoms with E-state index in [1.54, 1.807) is 7.11 Å². The van der Waals surface area contributed by atoms with Gasteiger partial charge >= 0.3 is 0 Å². The Bertz CT molecular complexity index is 167. The van der Waals surface area contributed by atoms with E-state index in [1.807, 2.05) is 12.3 Å². The Morgan fingerprint density at radius 2 is 2.55 bits per heavy atom. The molecule has 0 unspecified atom stereocenters. The molecule has 3 heteroatoms. The standard InChI is InChI=1S/C8H13NOS/c1-10-7-3-6-9-5-2-4-8(9)11/h3,6H,2,4-5,7H2,1H3/b6-3+. The molecule has 1 aliphatic rings. The van der Waals surface area contributed by atoms with Gasteiger partial charge in [-0.1, -0.05) is 12.2 Å². The van der Waals surface area contributed by atoms with Crippen LogP contribution in [-0.4, -0.2) is 30.1 Å². The number of ether oxygens (including phenoxy) is 1. The van der Waals surface area contributed by atoms with Gasteiger partial charge < -0.3 is 9.64 Å². The van der Waals surface area contributed by atoms with Crippen molar-refractivity contribution in [3.63, 3.8) is 0 Å². The zero-order valence-electron chi connectivity index (χ0n) is 6.75. The summed E-state index contributed by atoms with van der Waals surface area (Å²) < 4.78 is 4.88. The van der Waals surface area contributed by atoms with Gasteiger partial charge in [0.15, 0.2) is 0 Å². The Morgan fingerprint density at radius 3 is 3.09 bits per heavy atom. The molecule has 0 radical (unpaired) electrons.